The first-order chi connectivity index (χ1) is 8.47. The molecule has 0 saturated carbocycles. The molecule has 0 radical (unpaired) electrons. The zero-order chi connectivity index (χ0) is 13.2. The average Bonchev–Trinajstić information content (AvgIpc) is 2.81. The number of rotatable bonds is 4. The summed E-state index contributed by atoms with van der Waals surface area (Å²) in [6.07, 6.45) is 4.58. The van der Waals surface area contributed by atoms with Gasteiger partial charge in [-0.15, -0.1) is 0 Å². The number of ketones is 1. The van der Waals surface area contributed by atoms with Crippen molar-refractivity contribution in [3.8, 4) is 0 Å². The molecule has 1 aromatic rings. The molecule has 0 aromatic carbocycles. The number of aromatic amines is 1. The van der Waals surface area contributed by atoms with E-state index in [1.807, 2.05) is 0 Å². The maximum Gasteiger partial charge on any atom is 0.211 e. The molecule has 1 saturated heterocycles. The van der Waals surface area contributed by atoms with Gasteiger partial charge in [0.1, 0.15) is 5.69 Å². The van der Waals surface area contributed by atoms with Crippen LogP contribution in [0.2, 0.25) is 0 Å². The fraction of sp³-hybridized carbons (Fsp3) is 0.700. The van der Waals surface area contributed by atoms with Crippen LogP contribution in [0.4, 0.5) is 0 Å². The molecule has 8 heteroatoms. The number of nitrogens with zero attached hydrogens (tertiary/aromatic N) is 3. The molecule has 1 N–H and O–H groups in total. The highest BCUT2D eigenvalue weighted by atomic mass is 32.2. The van der Waals surface area contributed by atoms with Crippen LogP contribution in [0.5, 0.6) is 0 Å². The second-order valence-corrected chi connectivity index (χ2v) is 6.59. The fourth-order valence-corrected chi connectivity index (χ4v) is 3.14. The number of H-pyrrole nitrogens is 1. The summed E-state index contributed by atoms with van der Waals surface area (Å²) in [4.78, 5) is 11.8. The minimum Gasteiger partial charge on any atom is -0.292 e. The molecule has 1 aliphatic rings. The molecule has 2 rings (SSSR count). The van der Waals surface area contributed by atoms with E-state index in [4.69, 9.17) is 0 Å². The molecule has 1 fully saturated rings. The number of hydrogen-bond donors (Lipinski definition) is 1. The Balaban J connectivity index is 1.96. The lowest BCUT2D eigenvalue weighted by Gasteiger charge is -2.30. The summed E-state index contributed by atoms with van der Waals surface area (Å²) in [6.45, 7) is 0.968. The first kappa shape index (κ1) is 13.2. The molecule has 0 aliphatic carbocycles. The van der Waals surface area contributed by atoms with Gasteiger partial charge in [0.25, 0.3) is 0 Å². The third-order valence-corrected chi connectivity index (χ3v) is 4.40. The molecular formula is C10H16N4O3S. The van der Waals surface area contributed by atoms with Gasteiger partial charge in [0.05, 0.1) is 12.5 Å². The number of piperidine rings is 1. The van der Waals surface area contributed by atoms with E-state index < -0.39 is 10.0 Å². The van der Waals surface area contributed by atoms with Crippen LogP contribution in [0.3, 0.4) is 0 Å². The molecule has 1 atom stereocenters. The van der Waals surface area contributed by atoms with Gasteiger partial charge in [-0.3, -0.25) is 4.79 Å². The molecule has 1 unspecified atom stereocenters. The summed E-state index contributed by atoms with van der Waals surface area (Å²) < 4.78 is 24.4. The summed E-state index contributed by atoms with van der Waals surface area (Å²) in [5.74, 6) is -0.0261. The van der Waals surface area contributed by atoms with E-state index in [1.54, 1.807) is 0 Å². The molecule has 100 valence electrons. The molecule has 1 aromatic heterocycles. The van der Waals surface area contributed by atoms with Gasteiger partial charge in [0, 0.05) is 19.5 Å². The number of nitrogens with one attached hydrogen (secondary N) is 1. The maximum atomic E-state index is 11.8. The average molecular weight is 272 g/mol. The van der Waals surface area contributed by atoms with Crippen molar-refractivity contribution in [2.75, 3.05) is 19.3 Å². The van der Waals surface area contributed by atoms with Gasteiger partial charge in [0.2, 0.25) is 10.0 Å². The second-order valence-electron chi connectivity index (χ2n) is 4.61. The Morgan fingerprint density at radius 2 is 2.39 bits per heavy atom. The number of aromatic nitrogens is 3. The molecule has 0 bridgehead atoms. The van der Waals surface area contributed by atoms with Crippen LogP contribution in [0.1, 0.15) is 29.8 Å². The Labute approximate surface area is 106 Å². The zero-order valence-corrected chi connectivity index (χ0v) is 11.0. The first-order valence-electron chi connectivity index (χ1n) is 5.81. The van der Waals surface area contributed by atoms with Crippen molar-refractivity contribution >= 4 is 15.8 Å². The first-order valence-corrected chi connectivity index (χ1v) is 7.66. The van der Waals surface area contributed by atoms with Crippen LogP contribution in [0.25, 0.3) is 0 Å². The van der Waals surface area contributed by atoms with Crippen molar-refractivity contribution < 1.29 is 13.2 Å². The molecule has 2 heterocycles. The number of Topliss-reactive ketones (excluding diaryl/α,β-unsaturated/α-hetero) is 1. The normalized spacial score (nSPS) is 21.9. The lowest BCUT2D eigenvalue weighted by atomic mass is 9.93. The minimum atomic E-state index is -3.16. The van der Waals surface area contributed by atoms with Gasteiger partial charge in [0.15, 0.2) is 5.78 Å². The highest BCUT2D eigenvalue weighted by molar-refractivity contribution is 7.88. The summed E-state index contributed by atoms with van der Waals surface area (Å²) >= 11 is 0. The van der Waals surface area contributed by atoms with Crippen LogP contribution < -0.4 is 0 Å². The summed E-state index contributed by atoms with van der Waals surface area (Å²) in [6, 6.07) is 0. The third kappa shape index (κ3) is 3.14. The van der Waals surface area contributed by atoms with E-state index in [0.717, 1.165) is 12.8 Å². The van der Waals surface area contributed by atoms with Crippen LogP contribution in [0.15, 0.2) is 6.20 Å². The Morgan fingerprint density at radius 3 is 3.00 bits per heavy atom. The van der Waals surface area contributed by atoms with Crippen molar-refractivity contribution in [1.82, 2.24) is 19.7 Å². The van der Waals surface area contributed by atoms with Gasteiger partial charge in [-0.05, 0) is 18.8 Å². The van der Waals surface area contributed by atoms with E-state index in [1.165, 1.54) is 16.8 Å². The smallest absolute Gasteiger partial charge is 0.211 e. The molecule has 7 nitrogen and oxygen atoms in total. The number of hydrogen-bond acceptors (Lipinski definition) is 5. The molecule has 18 heavy (non-hydrogen) atoms. The van der Waals surface area contributed by atoms with Gasteiger partial charge >= 0.3 is 0 Å². The largest absolute Gasteiger partial charge is 0.292 e. The van der Waals surface area contributed by atoms with E-state index in [0.29, 0.717) is 25.2 Å². The third-order valence-electron chi connectivity index (χ3n) is 3.13. The zero-order valence-electron chi connectivity index (χ0n) is 10.2. The van der Waals surface area contributed by atoms with Gasteiger partial charge in [-0.2, -0.15) is 15.4 Å². The lowest BCUT2D eigenvalue weighted by molar-refractivity contribution is 0.0937. The highest BCUT2D eigenvalue weighted by Gasteiger charge is 2.27. The summed E-state index contributed by atoms with van der Waals surface area (Å²) in [5.41, 5.74) is 0.312. The van der Waals surface area contributed by atoms with Gasteiger partial charge < -0.3 is 0 Å². The van der Waals surface area contributed by atoms with E-state index >= 15 is 0 Å². The van der Waals surface area contributed by atoms with Crippen LogP contribution >= 0.6 is 0 Å². The predicted molar refractivity (Wildman–Crippen MR) is 64.5 cm³/mol. The molecule has 0 spiro atoms. The monoisotopic (exact) mass is 272 g/mol. The van der Waals surface area contributed by atoms with Crippen molar-refractivity contribution in [1.29, 1.82) is 0 Å². The Hall–Kier alpha value is -1.28. The number of carbonyl (C=O) groups is 1. The van der Waals surface area contributed by atoms with Crippen LogP contribution in [-0.2, 0) is 10.0 Å². The summed E-state index contributed by atoms with van der Waals surface area (Å²) in [7, 11) is -3.16. The lowest BCUT2D eigenvalue weighted by Crippen LogP contribution is -2.39. The maximum absolute atomic E-state index is 11.8. The van der Waals surface area contributed by atoms with Gasteiger partial charge in [-0.1, -0.05) is 0 Å². The fourth-order valence-electron chi connectivity index (χ4n) is 2.20. The van der Waals surface area contributed by atoms with E-state index in [9.17, 15) is 13.2 Å². The van der Waals surface area contributed by atoms with Crippen LogP contribution in [-0.4, -0.2) is 53.3 Å². The SMILES string of the molecule is CS(=O)(=O)N1CCCC(CC(=O)c2cn[nH]n2)C1. The molecular weight excluding hydrogens is 256 g/mol. The quantitative estimate of drug-likeness (QED) is 0.781. The topological polar surface area (TPSA) is 96.0 Å². The highest BCUT2D eigenvalue weighted by Crippen LogP contribution is 2.22. The number of sulfonamides is 1. The molecule has 1 aliphatic heterocycles. The van der Waals surface area contributed by atoms with E-state index in [2.05, 4.69) is 15.4 Å². The van der Waals surface area contributed by atoms with Crippen LogP contribution in [0, 0.1) is 5.92 Å². The minimum absolute atomic E-state index is 0.0673. The standard InChI is InChI=1S/C10H16N4O3S/c1-18(16,17)14-4-2-3-8(7-14)5-10(15)9-6-11-13-12-9/h6,8H,2-5,7H2,1H3,(H,11,12,13). The van der Waals surface area contributed by atoms with Crippen molar-refractivity contribution in [2.24, 2.45) is 5.92 Å². The predicted octanol–water partition coefficient (Wildman–Crippen LogP) is 0.0491. The van der Waals surface area contributed by atoms with Gasteiger partial charge in [-0.25, -0.2) is 12.7 Å². The summed E-state index contributed by atoms with van der Waals surface area (Å²) in [5, 5.41) is 9.71. The number of carbonyl (C=O) groups excluding carboxylic acids is 1. The van der Waals surface area contributed by atoms with Crippen molar-refractivity contribution in [3.05, 3.63) is 11.9 Å². The second kappa shape index (κ2) is 5.15. The Kier molecular flexibility index (Phi) is 3.76. The Morgan fingerprint density at radius 1 is 1.61 bits per heavy atom. The molecule has 0 amide bonds. The van der Waals surface area contributed by atoms with E-state index in [-0.39, 0.29) is 11.7 Å². The van der Waals surface area contributed by atoms with Crippen molar-refractivity contribution in [3.63, 3.8) is 0 Å². The van der Waals surface area contributed by atoms with Crippen molar-refractivity contribution in [2.45, 2.75) is 19.3 Å². The Bertz CT molecular complexity index is 511.